The molecule has 0 radical (unpaired) electrons. The highest BCUT2D eigenvalue weighted by Crippen LogP contribution is 2.19. The van der Waals surface area contributed by atoms with Crippen LogP contribution in [0.15, 0.2) is 59.8 Å². The summed E-state index contributed by atoms with van der Waals surface area (Å²) in [5.74, 6) is 1.66. The van der Waals surface area contributed by atoms with Gasteiger partial charge in [0.25, 0.3) is 0 Å². The third-order valence-corrected chi connectivity index (χ3v) is 3.90. The first-order chi connectivity index (χ1) is 10.8. The van der Waals surface area contributed by atoms with Crippen LogP contribution in [0.3, 0.4) is 0 Å². The molecule has 5 nitrogen and oxygen atoms in total. The van der Waals surface area contributed by atoms with Crippen LogP contribution < -0.4 is 4.74 Å². The van der Waals surface area contributed by atoms with Gasteiger partial charge in [0, 0.05) is 5.75 Å². The molecule has 0 saturated carbocycles. The van der Waals surface area contributed by atoms with Crippen molar-refractivity contribution in [2.75, 3.05) is 12.4 Å². The van der Waals surface area contributed by atoms with Crippen molar-refractivity contribution in [1.29, 1.82) is 0 Å². The van der Waals surface area contributed by atoms with Crippen molar-refractivity contribution in [3.8, 4) is 11.4 Å². The summed E-state index contributed by atoms with van der Waals surface area (Å²) in [6.45, 7) is 2.66. The topological polar surface area (TPSA) is 52.8 Å². The molecule has 1 aromatic heterocycles. The number of hydrogen-bond donors (Lipinski definition) is 0. The van der Waals surface area contributed by atoms with Gasteiger partial charge in [-0.2, -0.15) is 4.68 Å². The first-order valence-electron chi connectivity index (χ1n) is 6.99. The molecule has 112 valence electrons. The van der Waals surface area contributed by atoms with E-state index in [1.165, 1.54) is 5.56 Å². The summed E-state index contributed by atoms with van der Waals surface area (Å²) >= 11 is 1.58. The van der Waals surface area contributed by atoms with Crippen LogP contribution in [0.2, 0.25) is 0 Å². The molecule has 0 atom stereocenters. The van der Waals surface area contributed by atoms with Crippen LogP contribution >= 0.6 is 11.8 Å². The number of aromatic nitrogens is 4. The van der Waals surface area contributed by atoms with Gasteiger partial charge in [-0.25, -0.2) is 0 Å². The molecule has 6 heteroatoms. The standard InChI is InChI=1S/C16H16N4OS/c1-13-6-5-7-14(12-13)20-16(17-18-19-20)22-11-10-21-15-8-3-2-4-9-15/h2-9,12H,10-11H2,1H3. The van der Waals surface area contributed by atoms with Gasteiger partial charge in [-0.3, -0.25) is 0 Å². The fourth-order valence-electron chi connectivity index (χ4n) is 2.00. The second kappa shape index (κ2) is 7.09. The lowest BCUT2D eigenvalue weighted by molar-refractivity contribution is 0.344. The quantitative estimate of drug-likeness (QED) is 0.517. The molecule has 0 spiro atoms. The Kier molecular flexibility index (Phi) is 4.70. The molecule has 0 amide bonds. The van der Waals surface area contributed by atoms with Crippen molar-refractivity contribution >= 4 is 11.8 Å². The Morgan fingerprint density at radius 2 is 1.95 bits per heavy atom. The molecule has 0 aliphatic rings. The van der Waals surface area contributed by atoms with Crippen LogP contribution in [0.4, 0.5) is 0 Å². The zero-order valence-corrected chi connectivity index (χ0v) is 13.0. The first-order valence-corrected chi connectivity index (χ1v) is 7.97. The van der Waals surface area contributed by atoms with Gasteiger partial charge in [-0.15, -0.1) is 5.10 Å². The number of rotatable bonds is 6. The third-order valence-electron chi connectivity index (χ3n) is 3.01. The van der Waals surface area contributed by atoms with E-state index in [0.29, 0.717) is 6.61 Å². The van der Waals surface area contributed by atoms with Crippen LogP contribution in [0, 0.1) is 6.92 Å². The third kappa shape index (κ3) is 3.65. The lowest BCUT2D eigenvalue weighted by Gasteiger charge is -2.06. The van der Waals surface area contributed by atoms with Crippen LogP contribution in [-0.4, -0.2) is 32.6 Å². The van der Waals surface area contributed by atoms with E-state index in [1.807, 2.05) is 55.5 Å². The number of hydrogen-bond acceptors (Lipinski definition) is 5. The SMILES string of the molecule is Cc1cccc(-n2nnnc2SCCOc2ccccc2)c1. The lowest BCUT2D eigenvalue weighted by Crippen LogP contribution is -2.03. The van der Waals surface area contributed by atoms with Crippen molar-refractivity contribution in [2.45, 2.75) is 12.1 Å². The molecular formula is C16H16N4OS. The number of thioether (sulfide) groups is 1. The van der Waals surface area contributed by atoms with Crippen LogP contribution in [0.1, 0.15) is 5.56 Å². The van der Waals surface area contributed by atoms with E-state index >= 15 is 0 Å². The lowest BCUT2D eigenvalue weighted by atomic mass is 10.2. The van der Waals surface area contributed by atoms with Crippen molar-refractivity contribution in [2.24, 2.45) is 0 Å². The molecule has 2 aromatic carbocycles. The zero-order valence-electron chi connectivity index (χ0n) is 12.2. The number of benzene rings is 2. The predicted molar refractivity (Wildman–Crippen MR) is 86.6 cm³/mol. The van der Waals surface area contributed by atoms with E-state index in [4.69, 9.17) is 4.74 Å². The van der Waals surface area contributed by atoms with Gasteiger partial charge < -0.3 is 4.74 Å². The second-order valence-electron chi connectivity index (χ2n) is 4.72. The largest absolute Gasteiger partial charge is 0.493 e. The van der Waals surface area contributed by atoms with Gasteiger partial charge in [0.15, 0.2) is 0 Å². The Hall–Kier alpha value is -2.34. The van der Waals surface area contributed by atoms with E-state index in [2.05, 4.69) is 21.6 Å². The smallest absolute Gasteiger partial charge is 0.214 e. The summed E-state index contributed by atoms with van der Waals surface area (Å²) in [6, 6.07) is 17.9. The molecule has 0 unspecified atom stereocenters. The van der Waals surface area contributed by atoms with Gasteiger partial charge in [0.1, 0.15) is 5.75 Å². The minimum Gasteiger partial charge on any atom is -0.493 e. The maximum atomic E-state index is 5.67. The van der Waals surface area contributed by atoms with Crippen LogP contribution in [0.5, 0.6) is 5.75 Å². The highest BCUT2D eigenvalue weighted by atomic mass is 32.2. The van der Waals surface area contributed by atoms with Crippen molar-refractivity contribution < 1.29 is 4.74 Å². The van der Waals surface area contributed by atoms with Crippen LogP contribution in [-0.2, 0) is 0 Å². The summed E-state index contributed by atoms with van der Waals surface area (Å²) in [7, 11) is 0. The average Bonchev–Trinajstić information content (AvgIpc) is 3.01. The fraction of sp³-hybridized carbons (Fsp3) is 0.188. The Bertz CT molecular complexity index is 730. The zero-order chi connectivity index (χ0) is 15.2. The Morgan fingerprint density at radius 1 is 1.09 bits per heavy atom. The van der Waals surface area contributed by atoms with Gasteiger partial charge in [0.05, 0.1) is 12.3 Å². The molecule has 1 heterocycles. The number of ether oxygens (including phenoxy) is 1. The number of para-hydroxylation sites is 1. The van der Waals surface area contributed by atoms with E-state index in [0.717, 1.165) is 22.3 Å². The van der Waals surface area contributed by atoms with Crippen molar-refractivity contribution in [1.82, 2.24) is 20.2 Å². The Morgan fingerprint density at radius 3 is 2.77 bits per heavy atom. The predicted octanol–water partition coefficient (Wildman–Crippen LogP) is 3.14. The fourth-order valence-corrected chi connectivity index (χ4v) is 2.71. The summed E-state index contributed by atoms with van der Waals surface area (Å²) in [4.78, 5) is 0. The van der Waals surface area contributed by atoms with Gasteiger partial charge >= 0.3 is 0 Å². The Balaban J connectivity index is 1.59. The van der Waals surface area contributed by atoms with E-state index < -0.39 is 0 Å². The molecule has 0 saturated heterocycles. The maximum Gasteiger partial charge on any atom is 0.214 e. The van der Waals surface area contributed by atoms with Crippen molar-refractivity contribution in [3.63, 3.8) is 0 Å². The van der Waals surface area contributed by atoms with Gasteiger partial charge in [-0.05, 0) is 47.2 Å². The van der Waals surface area contributed by atoms with E-state index in [9.17, 15) is 0 Å². The minimum atomic E-state index is 0.607. The molecule has 0 bridgehead atoms. The normalized spacial score (nSPS) is 10.6. The number of aryl methyl sites for hydroxylation is 1. The first kappa shape index (κ1) is 14.6. The number of nitrogens with zero attached hydrogens (tertiary/aromatic N) is 4. The highest BCUT2D eigenvalue weighted by molar-refractivity contribution is 7.99. The molecule has 3 aromatic rings. The highest BCUT2D eigenvalue weighted by Gasteiger charge is 2.08. The second-order valence-corrected chi connectivity index (χ2v) is 5.78. The monoisotopic (exact) mass is 312 g/mol. The molecular weight excluding hydrogens is 296 g/mol. The maximum absolute atomic E-state index is 5.67. The van der Waals surface area contributed by atoms with Gasteiger partial charge in [-0.1, -0.05) is 42.1 Å². The van der Waals surface area contributed by atoms with Crippen LogP contribution in [0.25, 0.3) is 5.69 Å². The van der Waals surface area contributed by atoms with Gasteiger partial charge in [0.2, 0.25) is 5.16 Å². The summed E-state index contributed by atoms with van der Waals surface area (Å²) in [6.07, 6.45) is 0. The van der Waals surface area contributed by atoms with Crippen molar-refractivity contribution in [3.05, 3.63) is 60.2 Å². The van der Waals surface area contributed by atoms with E-state index in [1.54, 1.807) is 16.4 Å². The molecule has 0 aliphatic carbocycles. The molecule has 0 N–H and O–H groups in total. The summed E-state index contributed by atoms with van der Waals surface area (Å²) in [5.41, 5.74) is 2.15. The van der Waals surface area contributed by atoms with E-state index in [-0.39, 0.29) is 0 Å². The summed E-state index contributed by atoms with van der Waals surface area (Å²) < 4.78 is 7.42. The Labute approximate surface area is 133 Å². The minimum absolute atomic E-state index is 0.607. The number of tetrazole rings is 1. The summed E-state index contributed by atoms with van der Waals surface area (Å²) in [5, 5.41) is 12.7. The molecule has 3 rings (SSSR count). The molecule has 0 fully saturated rings. The molecule has 0 aliphatic heterocycles. The average molecular weight is 312 g/mol. The molecule has 22 heavy (non-hydrogen) atoms.